The number of aromatic nitrogens is 2. The van der Waals surface area contributed by atoms with Gasteiger partial charge >= 0.3 is 0 Å². The average molecular weight is 429 g/mol. The van der Waals surface area contributed by atoms with Gasteiger partial charge in [0.2, 0.25) is 17.6 Å². The first-order valence-corrected chi connectivity index (χ1v) is 11.3. The summed E-state index contributed by atoms with van der Waals surface area (Å²) in [6.45, 7) is 6.65. The Bertz CT molecular complexity index is 824. The van der Waals surface area contributed by atoms with Crippen molar-refractivity contribution in [3.05, 3.63) is 30.2 Å². The van der Waals surface area contributed by atoms with E-state index < -0.39 is 0 Å². The number of rotatable bonds is 8. The van der Waals surface area contributed by atoms with Gasteiger partial charge in [-0.1, -0.05) is 5.16 Å². The van der Waals surface area contributed by atoms with E-state index >= 15 is 0 Å². The van der Waals surface area contributed by atoms with Crippen LogP contribution < -0.4 is 4.74 Å². The van der Waals surface area contributed by atoms with Crippen molar-refractivity contribution in [2.45, 2.75) is 32.1 Å². The first kappa shape index (κ1) is 21.8. The number of morpholine rings is 1. The van der Waals surface area contributed by atoms with Gasteiger partial charge in [0.1, 0.15) is 5.75 Å². The van der Waals surface area contributed by atoms with Crippen LogP contribution in [0.2, 0.25) is 0 Å². The predicted molar refractivity (Wildman–Crippen MR) is 116 cm³/mol. The highest BCUT2D eigenvalue weighted by Gasteiger charge is 2.24. The van der Waals surface area contributed by atoms with E-state index in [1.807, 2.05) is 29.2 Å². The Kier molecular flexibility index (Phi) is 7.53. The number of carbonyl (C=O) groups is 1. The Morgan fingerprint density at radius 1 is 1.13 bits per heavy atom. The minimum atomic E-state index is 0.236. The fraction of sp³-hybridized carbons (Fsp3) is 0.609. The van der Waals surface area contributed by atoms with Crippen LogP contribution in [0.3, 0.4) is 0 Å². The van der Waals surface area contributed by atoms with E-state index in [-0.39, 0.29) is 5.91 Å². The van der Waals surface area contributed by atoms with Crippen molar-refractivity contribution in [2.24, 2.45) is 5.92 Å². The van der Waals surface area contributed by atoms with Crippen molar-refractivity contribution in [1.82, 2.24) is 19.9 Å². The second kappa shape index (κ2) is 10.7. The smallest absolute Gasteiger partial charge is 0.226 e. The lowest BCUT2D eigenvalue weighted by atomic mass is 9.95. The van der Waals surface area contributed by atoms with Crippen molar-refractivity contribution >= 4 is 5.91 Å². The molecule has 0 aliphatic carbocycles. The number of likely N-dealkylation sites (tertiary alicyclic amines) is 1. The van der Waals surface area contributed by atoms with Gasteiger partial charge in [-0.25, -0.2) is 0 Å². The minimum Gasteiger partial charge on any atom is -0.497 e. The first-order chi connectivity index (χ1) is 15.2. The molecule has 4 rings (SSSR count). The molecule has 2 aliphatic rings. The van der Waals surface area contributed by atoms with E-state index in [9.17, 15) is 4.79 Å². The lowest BCUT2D eigenvalue weighted by Gasteiger charge is -2.36. The Hall–Kier alpha value is -2.45. The monoisotopic (exact) mass is 428 g/mol. The number of piperidine rings is 1. The number of nitrogens with zero attached hydrogens (tertiary/aromatic N) is 4. The molecule has 2 aromatic rings. The Labute approximate surface area is 183 Å². The van der Waals surface area contributed by atoms with E-state index in [0.717, 1.165) is 76.5 Å². The molecule has 8 nitrogen and oxygen atoms in total. The number of ether oxygens (including phenoxy) is 2. The summed E-state index contributed by atoms with van der Waals surface area (Å²) >= 11 is 0. The predicted octanol–water partition coefficient (Wildman–Crippen LogP) is 2.64. The maximum atomic E-state index is 12.6. The molecule has 0 N–H and O–H groups in total. The van der Waals surface area contributed by atoms with Crippen LogP contribution in [-0.2, 0) is 16.0 Å². The second-order valence-electron chi connectivity index (χ2n) is 8.33. The van der Waals surface area contributed by atoms with Gasteiger partial charge in [-0.05, 0) is 49.4 Å². The van der Waals surface area contributed by atoms with Gasteiger partial charge in [0.05, 0.1) is 20.3 Å². The molecule has 0 bridgehead atoms. The summed E-state index contributed by atoms with van der Waals surface area (Å²) < 4.78 is 16.0. The molecule has 0 unspecified atom stereocenters. The third-order valence-electron chi connectivity index (χ3n) is 6.18. The zero-order chi connectivity index (χ0) is 21.5. The standard InChI is InChI=1S/C23H32N4O4/c1-29-20-7-5-19(6-8-20)23-24-21(31-25-23)3-2-4-22(28)27-11-9-18(10-12-27)17-26-13-15-30-16-14-26/h5-8,18H,2-4,9-17H2,1H3. The molecule has 1 amide bonds. The quantitative estimate of drug-likeness (QED) is 0.639. The SMILES string of the molecule is COc1ccc(-c2noc(CCCC(=O)N3CCC(CN4CCOCC4)CC3)n2)cc1. The molecule has 168 valence electrons. The Morgan fingerprint density at radius 2 is 1.87 bits per heavy atom. The average Bonchev–Trinajstić information content (AvgIpc) is 3.29. The van der Waals surface area contributed by atoms with Crippen LogP contribution in [0.25, 0.3) is 11.4 Å². The zero-order valence-electron chi connectivity index (χ0n) is 18.3. The molecular weight excluding hydrogens is 396 g/mol. The van der Waals surface area contributed by atoms with E-state index in [1.54, 1.807) is 7.11 Å². The molecule has 2 aliphatic heterocycles. The molecule has 1 aromatic heterocycles. The first-order valence-electron chi connectivity index (χ1n) is 11.3. The Morgan fingerprint density at radius 3 is 2.58 bits per heavy atom. The summed E-state index contributed by atoms with van der Waals surface area (Å²) in [4.78, 5) is 21.6. The van der Waals surface area contributed by atoms with Crippen molar-refractivity contribution in [2.75, 3.05) is 53.0 Å². The highest BCUT2D eigenvalue weighted by atomic mass is 16.5. The Balaban J connectivity index is 1.16. The van der Waals surface area contributed by atoms with Crippen molar-refractivity contribution in [1.29, 1.82) is 0 Å². The van der Waals surface area contributed by atoms with Crippen LogP contribution in [-0.4, -0.2) is 78.9 Å². The number of hydrogen-bond donors (Lipinski definition) is 0. The topological polar surface area (TPSA) is 80.9 Å². The molecule has 31 heavy (non-hydrogen) atoms. The maximum absolute atomic E-state index is 12.6. The van der Waals surface area contributed by atoms with Gasteiger partial charge in [-0.15, -0.1) is 0 Å². The molecule has 3 heterocycles. The largest absolute Gasteiger partial charge is 0.497 e. The minimum absolute atomic E-state index is 0.236. The molecule has 0 atom stereocenters. The summed E-state index contributed by atoms with van der Waals surface area (Å²) in [5.74, 6) is 2.85. The maximum Gasteiger partial charge on any atom is 0.226 e. The second-order valence-corrected chi connectivity index (χ2v) is 8.33. The van der Waals surface area contributed by atoms with Crippen LogP contribution in [0, 0.1) is 5.92 Å². The molecule has 8 heteroatoms. The van der Waals surface area contributed by atoms with Gasteiger partial charge in [-0.2, -0.15) is 4.98 Å². The molecule has 0 radical (unpaired) electrons. The molecule has 2 fully saturated rings. The number of carbonyl (C=O) groups excluding carboxylic acids is 1. The van der Waals surface area contributed by atoms with Gasteiger partial charge in [0.15, 0.2) is 0 Å². The van der Waals surface area contributed by atoms with E-state index in [2.05, 4.69) is 15.0 Å². The normalized spacial score (nSPS) is 18.3. The summed E-state index contributed by atoms with van der Waals surface area (Å²) in [5, 5.41) is 4.05. The molecule has 2 saturated heterocycles. The van der Waals surface area contributed by atoms with E-state index in [0.29, 0.717) is 30.5 Å². The van der Waals surface area contributed by atoms with Gasteiger partial charge in [-0.3, -0.25) is 9.69 Å². The summed E-state index contributed by atoms with van der Waals surface area (Å²) in [5.41, 5.74) is 0.881. The lowest BCUT2D eigenvalue weighted by Crippen LogP contribution is -2.44. The lowest BCUT2D eigenvalue weighted by molar-refractivity contribution is -0.132. The third-order valence-corrected chi connectivity index (χ3v) is 6.18. The van der Waals surface area contributed by atoms with Crippen LogP contribution in [0.1, 0.15) is 31.6 Å². The van der Waals surface area contributed by atoms with Gasteiger partial charge in [0.25, 0.3) is 0 Å². The summed E-state index contributed by atoms with van der Waals surface area (Å²) in [6, 6.07) is 7.54. The van der Waals surface area contributed by atoms with Crippen LogP contribution >= 0.6 is 0 Å². The summed E-state index contributed by atoms with van der Waals surface area (Å²) in [7, 11) is 1.64. The molecule has 0 spiro atoms. The number of hydrogen-bond acceptors (Lipinski definition) is 7. The van der Waals surface area contributed by atoms with Crippen LogP contribution in [0.15, 0.2) is 28.8 Å². The molecule has 1 aromatic carbocycles. The summed E-state index contributed by atoms with van der Waals surface area (Å²) in [6.07, 6.45) is 4.05. The van der Waals surface area contributed by atoms with E-state index in [1.165, 1.54) is 0 Å². The number of methoxy groups -OCH3 is 1. The van der Waals surface area contributed by atoms with Crippen molar-refractivity contribution in [3.63, 3.8) is 0 Å². The fourth-order valence-corrected chi connectivity index (χ4v) is 4.28. The van der Waals surface area contributed by atoms with Crippen LogP contribution in [0.5, 0.6) is 5.75 Å². The highest BCUT2D eigenvalue weighted by Crippen LogP contribution is 2.22. The fourth-order valence-electron chi connectivity index (χ4n) is 4.28. The number of amides is 1. The van der Waals surface area contributed by atoms with Crippen molar-refractivity contribution in [3.8, 4) is 17.1 Å². The van der Waals surface area contributed by atoms with Crippen LogP contribution in [0.4, 0.5) is 0 Å². The molecular formula is C23H32N4O4. The van der Waals surface area contributed by atoms with Gasteiger partial charge < -0.3 is 18.9 Å². The molecule has 0 saturated carbocycles. The third kappa shape index (κ3) is 6.04. The number of aryl methyl sites for hydroxylation is 1. The van der Waals surface area contributed by atoms with Gasteiger partial charge in [0, 0.05) is 51.1 Å². The highest BCUT2D eigenvalue weighted by molar-refractivity contribution is 5.76. The van der Waals surface area contributed by atoms with E-state index in [4.69, 9.17) is 14.0 Å². The number of benzene rings is 1. The zero-order valence-corrected chi connectivity index (χ0v) is 18.3. The van der Waals surface area contributed by atoms with Crippen molar-refractivity contribution < 1.29 is 18.8 Å².